The zero-order valence-corrected chi connectivity index (χ0v) is 15.9. The van der Waals surface area contributed by atoms with E-state index in [0.717, 1.165) is 31.5 Å². The molecule has 7 nitrogen and oxygen atoms in total. The van der Waals surface area contributed by atoms with E-state index in [1.807, 2.05) is 29.2 Å². The van der Waals surface area contributed by atoms with Crippen molar-refractivity contribution in [1.29, 1.82) is 0 Å². The lowest BCUT2D eigenvalue weighted by Gasteiger charge is -2.35. The van der Waals surface area contributed by atoms with Gasteiger partial charge in [0.25, 0.3) is 0 Å². The number of piperidine rings is 1. The van der Waals surface area contributed by atoms with Crippen LogP contribution in [0.15, 0.2) is 28.8 Å². The number of rotatable bonds is 4. The minimum atomic E-state index is 0.0344. The van der Waals surface area contributed by atoms with Crippen LogP contribution < -0.4 is 0 Å². The SMILES string of the molecule is O=C([C@H]1CCCN(Cc2nc(-c3cccc(Cl)c3)no2)C1)N1CCOCC1. The Bertz CT molecular complexity index is 791. The largest absolute Gasteiger partial charge is 0.378 e. The lowest BCUT2D eigenvalue weighted by molar-refractivity contribution is -0.141. The van der Waals surface area contributed by atoms with E-state index in [0.29, 0.717) is 49.6 Å². The number of carbonyl (C=O) groups is 1. The molecule has 0 radical (unpaired) electrons. The number of hydrogen-bond donors (Lipinski definition) is 0. The molecule has 27 heavy (non-hydrogen) atoms. The van der Waals surface area contributed by atoms with Crippen molar-refractivity contribution in [3.8, 4) is 11.4 Å². The van der Waals surface area contributed by atoms with Gasteiger partial charge in [0.05, 0.1) is 25.7 Å². The summed E-state index contributed by atoms with van der Waals surface area (Å²) in [4.78, 5) is 21.4. The number of benzene rings is 1. The van der Waals surface area contributed by atoms with E-state index < -0.39 is 0 Å². The number of aromatic nitrogens is 2. The second-order valence-corrected chi connectivity index (χ2v) is 7.47. The minimum Gasteiger partial charge on any atom is -0.378 e. The van der Waals surface area contributed by atoms with Gasteiger partial charge in [-0.1, -0.05) is 28.9 Å². The van der Waals surface area contributed by atoms with Crippen molar-refractivity contribution in [2.24, 2.45) is 5.92 Å². The molecule has 2 saturated heterocycles. The summed E-state index contributed by atoms with van der Waals surface area (Å²) >= 11 is 6.03. The van der Waals surface area contributed by atoms with Gasteiger partial charge >= 0.3 is 0 Å². The summed E-state index contributed by atoms with van der Waals surface area (Å²) in [5.41, 5.74) is 0.830. The first kappa shape index (κ1) is 18.4. The molecule has 2 aliphatic rings. The summed E-state index contributed by atoms with van der Waals surface area (Å²) in [6.07, 6.45) is 1.93. The van der Waals surface area contributed by atoms with Crippen LogP contribution in [0.25, 0.3) is 11.4 Å². The zero-order chi connectivity index (χ0) is 18.6. The number of amides is 1. The van der Waals surface area contributed by atoms with Gasteiger partial charge in [0.15, 0.2) is 0 Å². The molecule has 2 aliphatic heterocycles. The van der Waals surface area contributed by atoms with Gasteiger partial charge in [-0.25, -0.2) is 0 Å². The maximum atomic E-state index is 12.8. The van der Waals surface area contributed by atoms with Gasteiger partial charge in [0.1, 0.15) is 0 Å². The van der Waals surface area contributed by atoms with Crippen LogP contribution in [0.2, 0.25) is 5.02 Å². The van der Waals surface area contributed by atoms with Crippen LogP contribution in [0.4, 0.5) is 0 Å². The Hall–Kier alpha value is -1.96. The first-order valence-corrected chi connectivity index (χ1v) is 9.74. The molecule has 0 aliphatic carbocycles. The second kappa shape index (κ2) is 8.37. The number of hydrogen-bond acceptors (Lipinski definition) is 6. The van der Waals surface area contributed by atoms with Crippen molar-refractivity contribution < 1.29 is 14.1 Å². The topological polar surface area (TPSA) is 71.7 Å². The van der Waals surface area contributed by atoms with Crippen LogP contribution in [0.5, 0.6) is 0 Å². The molecule has 0 unspecified atom stereocenters. The van der Waals surface area contributed by atoms with Crippen LogP contribution >= 0.6 is 11.6 Å². The Balaban J connectivity index is 1.37. The average molecular weight is 391 g/mol. The molecular formula is C19H23ClN4O3. The Labute approximate surface area is 163 Å². The predicted octanol–water partition coefficient (Wildman–Crippen LogP) is 2.46. The highest BCUT2D eigenvalue weighted by Gasteiger charge is 2.30. The van der Waals surface area contributed by atoms with E-state index >= 15 is 0 Å². The molecule has 2 fully saturated rings. The Morgan fingerprint density at radius 2 is 2.11 bits per heavy atom. The summed E-state index contributed by atoms with van der Waals surface area (Å²) in [6.45, 7) is 4.88. The van der Waals surface area contributed by atoms with Gasteiger partial charge in [0, 0.05) is 30.2 Å². The zero-order valence-electron chi connectivity index (χ0n) is 15.1. The van der Waals surface area contributed by atoms with Gasteiger partial charge in [-0.3, -0.25) is 9.69 Å². The van der Waals surface area contributed by atoms with Crippen molar-refractivity contribution in [3.05, 3.63) is 35.2 Å². The Kier molecular flexibility index (Phi) is 5.71. The number of morpholine rings is 1. The monoisotopic (exact) mass is 390 g/mol. The number of ether oxygens (including phenoxy) is 1. The van der Waals surface area contributed by atoms with E-state index in [9.17, 15) is 4.79 Å². The molecule has 1 atom stereocenters. The number of nitrogens with zero attached hydrogens (tertiary/aromatic N) is 4. The molecule has 1 amide bonds. The Morgan fingerprint density at radius 1 is 1.26 bits per heavy atom. The molecule has 8 heteroatoms. The van der Waals surface area contributed by atoms with E-state index in [-0.39, 0.29) is 11.8 Å². The smallest absolute Gasteiger partial charge is 0.241 e. The lowest BCUT2D eigenvalue weighted by atomic mass is 9.96. The molecule has 0 saturated carbocycles. The van der Waals surface area contributed by atoms with Crippen LogP contribution in [0.3, 0.4) is 0 Å². The normalized spacial score (nSPS) is 21.4. The van der Waals surface area contributed by atoms with E-state index in [4.69, 9.17) is 20.9 Å². The first-order valence-electron chi connectivity index (χ1n) is 9.36. The number of likely N-dealkylation sites (tertiary alicyclic amines) is 1. The quantitative estimate of drug-likeness (QED) is 0.798. The highest BCUT2D eigenvalue weighted by atomic mass is 35.5. The fourth-order valence-electron chi connectivity index (χ4n) is 3.70. The van der Waals surface area contributed by atoms with E-state index in [2.05, 4.69) is 15.0 Å². The van der Waals surface area contributed by atoms with E-state index in [1.54, 1.807) is 0 Å². The van der Waals surface area contributed by atoms with Crippen molar-refractivity contribution in [2.75, 3.05) is 39.4 Å². The molecule has 3 heterocycles. The summed E-state index contributed by atoms with van der Waals surface area (Å²) in [6, 6.07) is 7.39. The summed E-state index contributed by atoms with van der Waals surface area (Å²) in [7, 11) is 0. The summed E-state index contributed by atoms with van der Waals surface area (Å²) < 4.78 is 10.8. The number of halogens is 1. The standard InChI is InChI=1S/C19H23ClN4O3/c20-16-5-1-3-14(11-16)18-21-17(27-22-18)13-23-6-2-4-15(12-23)19(25)24-7-9-26-10-8-24/h1,3,5,11,15H,2,4,6-10,12-13H2/t15-/m0/s1. The fourth-order valence-corrected chi connectivity index (χ4v) is 3.89. The molecule has 0 N–H and O–H groups in total. The summed E-state index contributed by atoms with van der Waals surface area (Å²) in [5.74, 6) is 1.37. The first-order chi connectivity index (χ1) is 13.2. The van der Waals surface area contributed by atoms with Gasteiger partial charge in [-0.15, -0.1) is 0 Å². The molecule has 2 aromatic rings. The van der Waals surface area contributed by atoms with Crippen LogP contribution in [-0.2, 0) is 16.1 Å². The molecule has 4 rings (SSSR count). The highest BCUT2D eigenvalue weighted by Crippen LogP contribution is 2.23. The summed E-state index contributed by atoms with van der Waals surface area (Å²) in [5, 5.41) is 4.70. The molecule has 0 bridgehead atoms. The number of carbonyl (C=O) groups excluding carboxylic acids is 1. The predicted molar refractivity (Wildman–Crippen MR) is 100 cm³/mol. The van der Waals surface area contributed by atoms with Crippen molar-refractivity contribution in [1.82, 2.24) is 19.9 Å². The Morgan fingerprint density at radius 3 is 2.93 bits per heavy atom. The van der Waals surface area contributed by atoms with Gasteiger partial charge < -0.3 is 14.2 Å². The van der Waals surface area contributed by atoms with Gasteiger partial charge in [0.2, 0.25) is 17.6 Å². The maximum Gasteiger partial charge on any atom is 0.241 e. The third-order valence-electron chi connectivity index (χ3n) is 5.09. The average Bonchev–Trinajstić information content (AvgIpc) is 3.17. The van der Waals surface area contributed by atoms with Crippen molar-refractivity contribution in [2.45, 2.75) is 19.4 Å². The molecule has 1 aromatic carbocycles. The fraction of sp³-hybridized carbons (Fsp3) is 0.526. The van der Waals surface area contributed by atoms with Crippen molar-refractivity contribution >= 4 is 17.5 Å². The second-order valence-electron chi connectivity index (χ2n) is 7.03. The lowest BCUT2D eigenvalue weighted by Crippen LogP contribution is -2.48. The highest BCUT2D eigenvalue weighted by molar-refractivity contribution is 6.30. The van der Waals surface area contributed by atoms with Gasteiger partial charge in [-0.05, 0) is 31.5 Å². The van der Waals surface area contributed by atoms with Crippen molar-refractivity contribution in [3.63, 3.8) is 0 Å². The maximum absolute atomic E-state index is 12.8. The minimum absolute atomic E-state index is 0.0344. The molecular weight excluding hydrogens is 368 g/mol. The van der Waals surface area contributed by atoms with Crippen LogP contribution in [-0.4, -0.2) is 65.2 Å². The molecule has 0 spiro atoms. The van der Waals surface area contributed by atoms with E-state index in [1.165, 1.54) is 0 Å². The van der Waals surface area contributed by atoms with Crippen LogP contribution in [0, 0.1) is 5.92 Å². The van der Waals surface area contributed by atoms with Crippen LogP contribution in [0.1, 0.15) is 18.7 Å². The van der Waals surface area contributed by atoms with Gasteiger partial charge in [-0.2, -0.15) is 4.98 Å². The molecule has 1 aromatic heterocycles. The third-order valence-corrected chi connectivity index (χ3v) is 5.32. The third kappa shape index (κ3) is 4.48. The molecule has 144 valence electrons.